The van der Waals surface area contributed by atoms with Crippen LogP contribution in [0.2, 0.25) is 0 Å². The van der Waals surface area contributed by atoms with Gasteiger partial charge in [0, 0.05) is 19.1 Å². The number of nitrogens with zero attached hydrogens (tertiary/aromatic N) is 1. The third-order valence-electron chi connectivity index (χ3n) is 4.37. The quantitative estimate of drug-likeness (QED) is 0.849. The van der Waals surface area contributed by atoms with Gasteiger partial charge >= 0.3 is 0 Å². The van der Waals surface area contributed by atoms with E-state index in [0.717, 1.165) is 18.9 Å². The smallest absolute Gasteiger partial charge is 0.0424 e. The van der Waals surface area contributed by atoms with Crippen molar-refractivity contribution >= 4 is 0 Å². The Hall–Kier alpha value is -0.860. The maximum Gasteiger partial charge on any atom is 0.0424 e. The minimum atomic E-state index is 0.136. The van der Waals surface area contributed by atoms with E-state index in [1.165, 1.54) is 43.4 Å². The van der Waals surface area contributed by atoms with Crippen molar-refractivity contribution in [2.24, 2.45) is 11.7 Å². The lowest BCUT2D eigenvalue weighted by Crippen LogP contribution is -2.32. The minimum absolute atomic E-state index is 0.136. The fraction of sp³-hybridized carbons (Fsp3) is 0.647. The van der Waals surface area contributed by atoms with E-state index >= 15 is 0 Å². The van der Waals surface area contributed by atoms with E-state index in [1.54, 1.807) is 0 Å². The lowest BCUT2D eigenvalue weighted by Gasteiger charge is -2.24. The zero-order valence-electron chi connectivity index (χ0n) is 12.4. The van der Waals surface area contributed by atoms with Gasteiger partial charge in [0.05, 0.1) is 0 Å². The van der Waals surface area contributed by atoms with Crippen LogP contribution in [0.5, 0.6) is 0 Å². The molecule has 2 rings (SSSR count). The lowest BCUT2D eigenvalue weighted by atomic mass is 10.0. The van der Waals surface area contributed by atoms with Gasteiger partial charge in [-0.15, -0.1) is 0 Å². The van der Waals surface area contributed by atoms with Crippen LogP contribution < -0.4 is 5.73 Å². The van der Waals surface area contributed by atoms with Crippen molar-refractivity contribution in [2.75, 3.05) is 20.1 Å². The topological polar surface area (TPSA) is 29.3 Å². The van der Waals surface area contributed by atoms with Gasteiger partial charge in [-0.2, -0.15) is 0 Å². The number of hydrogen-bond donors (Lipinski definition) is 1. The number of aryl methyl sites for hydroxylation is 1. The zero-order chi connectivity index (χ0) is 13.7. The van der Waals surface area contributed by atoms with Gasteiger partial charge in [-0.25, -0.2) is 0 Å². The predicted octanol–water partition coefficient (Wildman–Crippen LogP) is 3.37. The Morgan fingerprint density at radius 3 is 2.42 bits per heavy atom. The van der Waals surface area contributed by atoms with Gasteiger partial charge < -0.3 is 10.6 Å². The summed E-state index contributed by atoms with van der Waals surface area (Å²) in [7, 11) is 2.21. The van der Waals surface area contributed by atoms with Crippen LogP contribution in [0.3, 0.4) is 0 Å². The van der Waals surface area contributed by atoms with E-state index in [-0.39, 0.29) is 6.04 Å². The number of rotatable bonds is 6. The molecule has 0 aromatic heterocycles. The summed E-state index contributed by atoms with van der Waals surface area (Å²) in [5, 5.41) is 0. The molecule has 1 aromatic rings. The molecular formula is C17H28N2. The van der Waals surface area contributed by atoms with Gasteiger partial charge in [0.1, 0.15) is 0 Å². The Balaban J connectivity index is 1.82. The standard InChI is InChI=1S/C17H28N2/c1-3-14-8-10-16(11-9-14)17(18)13-19(2)12-15-6-4-5-7-15/h8-11,15,17H,3-7,12-13,18H2,1-2H3. The zero-order valence-corrected chi connectivity index (χ0v) is 12.4. The van der Waals surface area contributed by atoms with E-state index < -0.39 is 0 Å². The van der Waals surface area contributed by atoms with Crippen LogP contribution in [-0.4, -0.2) is 25.0 Å². The van der Waals surface area contributed by atoms with Crippen LogP contribution in [0, 0.1) is 5.92 Å². The largest absolute Gasteiger partial charge is 0.323 e. The first-order valence-electron chi connectivity index (χ1n) is 7.72. The molecule has 2 heteroatoms. The van der Waals surface area contributed by atoms with Gasteiger partial charge in [0.15, 0.2) is 0 Å². The SMILES string of the molecule is CCc1ccc(C(N)CN(C)CC2CCCC2)cc1. The summed E-state index contributed by atoms with van der Waals surface area (Å²) < 4.78 is 0. The average Bonchev–Trinajstić information content (AvgIpc) is 2.91. The lowest BCUT2D eigenvalue weighted by molar-refractivity contribution is 0.264. The molecule has 1 fully saturated rings. The van der Waals surface area contributed by atoms with Crippen LogP contribution in [0.4, 0.5) is 0 Å². The summed E-state index contributed by atoms with van der Waals surface area (Å²) >= 11 is 0. The van der Waals surface area contributed by atoms with Crippen LogP contribution in [0.15, 0.2) is 24.3 Å². The summed E-state index contributed by atoms with van der Waals surface area (Å²) in [6.45, 7) is 4.35. The molecule has 0 spiro atoms. The van der Waals surface area contributed by atoms with Crippen molar-refractivity contribution in [3.8, 4) is 0 Å². The molecule has 1 atom stereocenters. The van der Waals surface area contributed by atoms with Gasteiger partial charge in [-0.3, -0.25) is 0 Å². The second-order valence-electron chi connectivity index (χ2n) is 6.07. The molecular weight excluding hydrogens is 232 g/mol. The van der Waals surface area contributed by atoms with Crippen molar-refractivity contribution in [2.45, 2.75) is 45.1 Å². The molecule has 1 aromatic carbocycles. The first kappa shape index (κ1) is 14.5. The summed E-state index contributed by atoms with van der Waals surface area (Å²) in [5.41, 5.74) is 8.96. The molecule has 1 aliphatic rings. The Labute approximate surface area is 118 Å². The molecule has 0 radical (unpaired) electrons. The fourth-order valence-electron chi connectivity index (χ4n) is 3.15. The van der Waals surface area contributed by atoms with Crippen LogP contribution in [0.1, 0.15) is 49.8 Å². The number of hydrogen-bond acceptors (Lipinski definition) is 2. The van der Waals surface area contributed by atoms with E-state index in [9.17, 15) is 0 Å². The van der Waals surface area contributed by atoms with Crippen molar-refractivity contribution in [1.29, 1.82) is 0 Å². The highest BCUT2D eigenvalue weighted by atomic mass is 15.1. The molecule has 0 aliphatic heterocycles. The third kappa shape index (κ3) is 4.32. The van der Waals surface area contributed by atoms with E-state index in [4.69, 9.17) is 5.73 Å². The predicted molar refractivity (Wildman–Crippen MR) is 82.2 cm³/mol. The van der Waals surface area contributed by atoms with Crippen molar-refractivity contribution < 1.29 is 0 Å². The molecule has 0 amide bonds. The average molecular weight is 260 g/mol. The Morgan fingerprint density at radius 2 is 1.84 bits per heavy atom. The molecule has 0 bridgehead atoms. The summed E-state index contributed by atoms with van der Waals surface area (Å²) in [5.74, 6) is 0.902. The Bertz CT molecular complexity index is 365. The third-order valence-corrected chi connectivity index (χ3v) is 4.37. The monoisotopic (exact) mass is 260 g/mol. The maximum atomic E-state index is 6.32. The maximum absolute atomic E-state index is 6.32. The second-order valence-corrected chi connectivity index (χ2v) is 6.07. The highest BCUT2D eigenvalue weighted by Crippen LogP contribution is 2.25. The summed E-state index contributed by atoms with van der Waals surface area (Å²) in [6.07, 6.45) is 6.75. The Morgan fingerprint density at radius 1 is 1.21 bits per heavy atom. The van der Waals surface area contributed by atoms with E-state index in [0.29, 0.717) is 0 Å². The van der Waals surface area contributed by atoms with Crippen molar-refractivity contribution in [3.63, 3.8) is 0 Å². The molecule has 0 saturated heterocycles. The molecule has 1 unspecified atom stereocenters. The molecule has 0 heterocycles. The first-order chi connectivity index (χ1) is 9.19. The molecule has 2 N–H and O–H groups in total. The molecule has 1 saturated carbocycles. The first-order valence-corrected chi connectivity index (χ1v) is 7.72. The number of nitrogens with two attached hydrogens (primary N) is 1. The van der Waals surface area contributed by atoms with Gasteiger partial charge in [0.25, 0.3) is 0 Å². The molecule has 19 heavy (non-hydrogen) atoms. The van der Waals surface area contributed by atoms with Crippen LogP contribution in [0.25, 0.3) is 0 Å². The fourth-order valence-corrected chi connectivity index (χ4v) is 3.15. The molecule has 1 aliphatic carbocycles. The van der Waals surface area contributed by atoms with Crippen molar-refractivity contribution in [1.82, 2.24) is 4.90 Å². The van der Waals surface area contributed by atoms with E-state index in [2.05, 4.69) is 43.1 Å². The molecule has 2 nitrogen and oxygen atoms in total. The highest BCUT2D eigenvalue weighted by Gasteiger charge is 2.18. The second kappa shape index (κ2) is 7.06. The normalized spacial score (nSPS) is 18.1. The number of likely N-dealkylation sites (N-methyl/N-ethyl adjacent to an activating group) is 1. The molecule has 106 valence electrons. The van der Waals surface area contributed by atoms with Gasteiger partial charge in [-0.05, 0) is 43.4 Å². The van der Waals surface area contributed by atoms with Crippen LogP contribution in [-0.2, 0) is 6.42 Å². The summed E-state index contributed by atoms with van der Waals surface area (Å²) in [4.78, 5) is 2.41. The van der Waals surface area contributed by atoms with Gasteiger partial charge in [-0.1, -0.05) is 44.0 Å². The van der Waals surface area contributed by atoms with Crippen molar-refractivity contribution in [3.05, 3.63) is 35.4 Å². The van der Waals surface area contributed by atoms with Crippen LogP contribution >= 0.6 is 0 Å². The minimum Gasteiger partial charge on any atom is -0.323 e. The number of benzene rings is 1. The summed E-state index contributed by atoms with van der Waals surface area (Å²) in [6, 6.07) is 8.91. The Kier molecular flexibility index (Phi) is 5.41. The van der Waals surface area contributed by atoms with Gasteiger partial charge in [0.2, 0.25) is 0 Å². The highest BCUT2D eigenvalue weighted by molar-refractivity contribution is 5.25. The van der Waals surface area contributed by atoms with E-state index in [1.807, 2.05) is 0 Å².